The van der Waals surface area contributed by atoms with Crippen LogP contribution in [0.5, 0.6) is 5.75 Å². The summed E-state index contributed by atoms with van der Waals surface area (Å²) in [5, 5.41) is 5.92. The van der Waals surface area contributed by atoms with Crippen LogP contribution in [0.1, 0.15) is 26.2 Å². The van der Waals surface area contributed by atoms with Crippen LogP contribution in [-0.2, 0) is 4.79 Å². The number of benzene rings is 1. The molecular weight excluding hydrogens is 332 g/mol. The first-order valence-electron chi connectivity index (χ1n) is 9.44. The molecular formula is C19H29N4O3+. The van der Waals surface area contributed by atoms with E-state index in [1.807, 2.05) is 24.3 Å². The van der Waals surface area contributed by atoms with E-state index in [1.165, 1.54) is 13.0 Å². The monoisotopic (exact) mass is 361 g/mol. The largest absolute Gasteiger partial charge is 0.497 e. The maximum atomic E-state index is 12.3. The summed E-state index contributed by atoms with van der Waals surface area (Å²) in [5.41, 5.74) is 0.798. The zero-order valence-corrected chi connectivity index (χ0v) is 15.6. The molecule has 0 bridgehead atoms. The van der Waals surface area contributed by atoms with E-state index < -0.39 is 0 Å². The van der Waals surface area contributed by atoms with E-state index in [9.17, 15) is 9.59 Å². The van der Waals surface area contributed by atoms with Crippen LogP contribution in [0, 0.1) is 0 Å². The van der Waals surface area contributed by atoms with Crippen LogP contribution in [0.25, 0.3) is 0 Å². The smallest absolute Gasteiger partial charge is 0.315 e. The summed E-state index contributed by atoms with van der Waals surface area (Å²) in [7, 11) is 1.60. The number of methoxy groups -OCH3 is 1. The Labute approximate surface area is 154 Å². The Kier molecular flexibility index (Phi) is 5.98. The van der Waals surface area contributed by atoms with Crippen molar-refractivity contribution < 1.29 is 19.2 Å². The molecule has 0 aliphatic carbocycles. The van der Waals surface area contributed by atoms with Gasteiger partial charge in [0.1, 0.15) is 11.8 Å². The third kappa shape index (κ3) is 4.27. The van der Waals surface area contributed by atoms with Gasteiger partial charge in [0.15, 0.2) is 0 Å². The van der Waals surface area contributed by atoms with Crippen molar-refractivity contribution in [1.82, 2.24) is 10.6 Å². The number of carbonyl (C=O) groups excluding carboxylic acids is 2. The lowest BCUT2D eigenvalue weighted by Crippen LogP contribution is -3.14. The van der Waals surface area contributed by atoms with Crippen molar-refractivity contribution in [2.24, 2.45) is 0 Å². The highest BCUT2D eigenvalue weighted by Crippen LogP contribution is 2.25. The number of likely N-dealkylation sites (N-methyl/N-ethyl adjacent to an activating group) is 1. The van der Waals surface area contributed by atoms with Gasteiger partial charge in [-0.2, -0.15) is 0 Å². The van der Waals surface area contributed by atoms with E-state index in [0.29, 0.717) is 31.3 Å². The van der Waals surface area contributed by atoms with Crippen molar-refractivity contribution in [2.75, 3.05) is 38.2 Å². The molecule has 26 heavy (non-hydrogen) atoms. The quantitative estimate of drug-likeness (QED) is 0.676. The number of nitrogens with zero attached hydrogens (tertiary/aromatic N) is 1. The SMILES string of the molecule is CC[NH+]1CCC[C@@H]1CNC(=O)N[C@@H]1CC(=O)N(c2cccc(OC)c2)C1. The van der Waals surface area contributed by atoms with Gasteiger partial charge < -0.3 is 25.2 Å². The number of hydrogen-bond acceptors (Lipinski definition) is 3. The Bertz CT molecular complexity index is 651. The molecule has 0 spiro atoms. The number of ether oxygens (including phenoxy) is 1. The van der Waals surface area contributed by atoms with Crippen molar-refractivity contribution >= 4 is 17.6 Å². The van der Waals surface area contributed by atoms with Gasteiger partial charge in [-0.15, -0.1) is 0 Å². The number of urea groups is 1. The predicted molar refractivity (Wildman–Crippen MR) is 99.7 cm³/mol. The van der Waals surface area contributed by atoms with E-state index in [-0.39, 0.29) is 18.0 Å². The molecule has 1 unspecified atom stereocenters. The minimum absolute atomic E-state index is 0.0148. The second kappa shape index (κ2) is 8.40. The molecule has 1 aromatic rings. The summed E-state index contributed by atoms with van der Waals surface area (Å²) in [6.45, 7) is 5.65. The molecule has 2 heterocycles. The first kappa shape index (κ1) is 18.5. The second-order valence-electron chi connectivity index (χ2n) is 7.06. The van der Waals surface area contributed by atoms with Crippen molar-refractivity contribution in [3.05, 3.63) is 24.3 Å². The number of likely N-dealkylation sites (tertiary alicyclic amines) is 1. The number of rotatable bonds is 6. The fraction of sp³-hybridized carbons (Fsp3) is 0.579. The molecule has 3 atom stereocenters. The van der Waals surface area contributed by atoms with Crippen LogP contribution in [-0.4, -0.2) is 57.3 Å². The van der Waals surface area contributed by atoms with Crippen LogP contribution < -0.4 is 25.2 Å². The summed E-state index contributed by atoms with van der Waals surface area (Å²) in [4.78, 5) is 27.8. The van der Waals surface area contributed by atoms with Gasteiger partial charge in [0.05, 0.1) is 32.8 Å². The first-order chi connectivity index (χ1) is 12.6. The van der Waals surface area contributed by atoms with E-state index in [2.05, 4.69) is 17.6 Å². The summed E-state index contributed by atoms with van der Waals surface area (Å²) < 4.78 is 5.22. The Hall–Kier alpha value is -2.28. The van der Waals surface area contributed by atoms with Gasteiger partial charge in [-0.3, -0.25) is 4.79 Å². The third-order valence-corrected chi connectivity index (χ3v) is 5.42. The van der Waals surface area contributed by atoms with Gasteiger partial charge in [0.2, 0.25) is 5.91 Å². The maximum absolute atomic E-state index is 12.3. The number of nitrogens with one attached hydrogen (secondary N) is 3. The molecule has 2 aliphatic heterocycles. The second-order valence-corrected chi connectivity index (χ2v) is 7.06. The molecule has 3 N–H and O–H groups in total. The Balaban J connectivity index is 1.50. The normalized spacial score (nSPS) is 25.4. The summed E-state index contributed by atoms with van der Waals surface area (Å²) in [5.74, 6) is 0.727. The minimum atomic E-state index is -0.183. The number of hydrogen-bond donors (Lipinski definition) is 3. The van der Waals surface area contributed by atoms with Crippen LogP contribution in [0.3, 0.4) is 0 Å². The number of quaternary nitrogens is 1. The molecule has 0 aromatic heterocycles. The highest BCUT2D eigenvalue weighted by molar-refractivity contribution is 5.97. The Morgan fingerprint density at radius 3 is 3.04 bits per heavy atom. The van der Waals surface area contributed by atoms with Gasteiger partial charge in [0, 0.05) is 37.6 Å². The molecule has 0 saturated carbocycles. The van der Waals surface area contributed by atoms with Gasteiger partial charge in [-0.25, -0.2) is 4.79 Å². The summed E-state index contributed by atoms with van der Waals surface area (Å²) >= 11 is 0. The lowest BCUT2D eigenvalue weighted by Gasteiger charge is -2.21. The summed E-state index contributed by atoms with van der Waals surface area (Å²) in [6, 6.07) is 7.57. The van der Waals surface area contributed by atoms with E-state index >= 15 is 0 Å². The molecule has 7 heteroatoms. The zero-order chi connectivity index (χ0) is 18.5. The number of amides is 3. The first-order valence-corrected chi connectivity index (χ1v) is 9.44. The third-order valence-electron chi connectivity index (χ3n) is 5.42. The molecule has 2 aliphatic rings. The van der Waals surface area contributed by atoms with Gasteiger partial charge in [-0.05, 0) is 19.1 Å². The van der Waals surface area contributed by atoms with Crippen molar-refractivity contribution in [2.45, 2.75) is 38.3 Å². The lowest BCUT2D eigenvalue weighted by molar-refractivity contribution is -0.909. The molecule has 2 saturated heterocycles. The van der Waals surface area contributed by atoms with Crippen molar-refractivity contribution in [3.8, 4) is 5.75 Å². The van der Waals surface area contributed by atoms with Crippen LogP contribution in [0.15, 0.2) is 24.3 Å². The zero-order valence-electron chi connectivity index (χ0n) is 15.6. The average molecular weight is 361 g/mol. The maximum Gasteiger partial charge on any atom is 0.315 e. The van der Waals surface area contributed by atoms with Crippen LogP contribution in [0.2, 0.25) is 0 Å². The molecule has 7 nitrogen and oxygen atoms in total. The molecule has 142 valence electrons. The Morgan fingerprint density at radius 2 is 2.27 bits per heavy atom. The average Bonchev–Trinajstić information content (AvgIpc) is 3.25. The molecule has 3 amide bonds. The van der Waals surface area contributed by atoms with Gasteiger partial charge >= 0.3 is 6.03 Å². The van der Waals surface area contributed by atoms with Gasteiger partial charge in [-0.1, -0.05) is 6.07 Å². The lowest BCUT2D eigenvalue weighted by atomic mass is 10.2. The van der Waals surface area contributed by atoms with Crippen LogP contribution in [0.4, 0.5) is 10.5 Å². The number of carbonyl (C=O) groups is 2. The molecule has 3 rings (SSSR count). The van der Waals surface area contributed by atoms with E-state index in [4.69, 9.17) is 4.74 Å². The fourth-order valence-electron chi connectivity index (χ4n) is 3.98. The highest BCUT2D eigenvalue weighted by Gasteiger charge is 2.32. The van der Waals surface area contributed by atoms with E-state index in [1.54, 1.807) is 16.9 Å². The summed E-state index contributed by atoms with van der Waals surface area (Å²) in [6.07, 6.45) is 2.71. The fourth-order valence-corrected chi connectivity index (χ4v) is 3.98. The molecule has 0 radical (unpaired) electrons. The Morgan fingerprint density at radius 1 is 1.42 bits per heavy atom. The minimum Gasteiger partial charge on any atom is -0.497 e. The predicted octanol–water partition coefficient (Wildman–Crippen LogP) is 0.167. The molecule has 1 aromatic carbocycles. The number of anilines is 1. The van der Waals surface area contributed by atoms with Crippen molar-refractivity contribution in [1.29, 1.82) is 0 Å². The molecule has 2 fully saturated rings. The van der Waals surface area contributed by atoms with Gasteiger partial charge in [0.25, 0.3) is 0 Å². The highest BCUT2D eigenvalue weighted by atomic mass is 16.5. The van der Waals surface area contributed by atoms with Crippen molar-refractivity contribution in [3.63, 3.8) is 0 Å². The van der Waals surface area contributed by atoms with E-state index in [0.717, 1.165) is 18.7 Å². The van der Waals surface area contributed by atoms with Crippen LogP contribution >= 0.6 is 0 Å². The topological polar surface area (TPSA) is 75.1 Å². The standard InChI is InChI=1S/C19H28N4O3/c1-3-22-9-5-7-16(22)12-20-19(25)21-14-10-18(24)23(13-14)15-6-4-8-17(11-15)26-2/h4,6,8,11,14,16H,3,5,7,9-10,12-13H2,1-2H3,(H2,20,21,25)/p+1/t14-,16-/m1/s1.